The van der Waals surface area contributed by atoms with Crippen molar-refractivity contribution in [1.82, 2.24) is 4.98 Å². The summed E-state index contributed by atoms with van der Waals surface area (Å²) in [6.07, 6.45) is 2.35. The van der Waals surface area contributed by atoms with Gasteiger partial charge >= 0.3 is 0 Å². The lowest BCUT2D eigenvalue weighted by atomic mass is 10.2. The Hall–Kier alpha value is -1.25. The molecule has 126 valence electrons. The van der Waals surface area contributed by atoms with Crippen LogP contribution in [0.4, 0.5) is 10.2 Å². The number of anilines is 1. The van der Waals surface area contributed by atoms with Crippen LogP contribution in [0.1, 0.15) is 20.3 Å². The van der Waals surface area contributed by atoms with Gasteiger partial charge in [0.2, 0.25) is 0 Å². The highest BCUT2D eigenvalue weighted by Gasteiger charge is 2.32. The quantitative estimate of drug-likeness (QED) is 0.574. The molecule has 0 bridgehead atoms. The minimum absolute atomic E-state index is 0.0455. The number of hydrogen-bond acceptors (Lipinski definition) is 6. The van der Waals surface area contributed by atoms with Crippen molar-refractivity contribution in [2.24, 2.45) is 5.16 Å². The van der Waals surface area contributed by atoms with Crippen molar-refractivity contribution in [2.45, 2.75) is 32.2 Å². The Bertz CT molecular complexity index is 604. The molecule has 3 heterocycles. The average Bonchev–Trinajstić information content (AvgIpc) is 2.77. The zero-order valence-corrected chi connectivity index (χ0v) is 14.7. The smallest absolute Gasteiger partial charge is 0.166 e. The molecule has 0 radical (unpaired) electrons. The van der Waals surface area contributed by atoms with Gasteiger partial charge in [0.15, 0.2) is 17.4 Å². The van der Waals surface area contributed by atoms with E-state index in [1.807, 2.05) is 13.8 Å². The molecule has 1 aromatic rings. The third kappa shape index (κ3) is 4.19. The highest BCUT2D eigenvalue weighted by Crippen LogP contribution is 2.25. The Morgan fingerprint density at radius 2 is 2.30 bits per heavy atom. The van der Waals surface area contributed by atoms with Crippen LogP contribution in [0.15, 0.2) is 21.9 Å². The van der Waals surface area contributed by atoms with Gasteiger partial charge in [0, 0.05) is 17.1 Å². The molecule has 1 aromatic heterocycles. The summed E-state index contributed by atoms with van der Waals surface area (Å²) in [5.41, 5.74) is 0.873. The zero-order chi connectivity index (χ0) is 16.4. The molecule has 1 unspecified atom stereocenters. The fourth-order valence-electron chi connectivity index (χ4n) is 2.47. The van der Waals surface area contributed by atoms with Crippen molar-refractivity contribution in [3.05, 3.63) is 22.6 Å². The van der Waals surface area contributed by atoms with Gasteiger partial charge in [-0.2, -0.15) is 0 Å². The molecule has 3 rings (SSSR count). The lowest BCUT2D eigenvalue weighted by Gasteiger charge is -2.33. The largest absolute Gasteiger partial charge is 0.396 e. The minimum atomic E-state index is -0.507. The summed E-state index contributed by atoms with van der Waals surface area (Å²) in [6.45, 7) is 5.90. The first-order valence-electron chi connectivity index (χ1n) is 7.48. The zero-order valence-electron chi connectivity index (χ0n) is 13.1. The Kier molecular flexibility index (Phi) is 4.84. The Morgan fingerprint density at radius 3 is 2.96 bits per heavy atom. The van der Waals surface area contributed by atoms with Crippen LogP contribution >= 0.6 is 15.9 Å². The predicted octanol–water partition coefficient (Wildman–Crippen LogP) is 2.72. The maximum atomic E-state index is 13.8. The first kappa shape index (κ1) is 16.6. The summed E-state index contributed by atoms with van der Waals surface area (Å²) in [7, 11) is 0. The van der Waals surface area contributed by atoms with Crippen molar-refractivity contribution >= 4 is 27.5 Å². The second-order valence-electron chi connectivity index (χ2n) is 6.05. The van der Waals surface area contributed by atoms with Crippen molar-refractivity contribution in [2.75, 3.05) is 31.2 Å². The number of aromatic nitrogens is 1. The van der Waals surface area contributed by atoms with Crippen LogP contribution in [-0.2, 0) is 14.3 Å². The molecule has 0 spiro atoms. The topological polar surface area (TPSA) is 56.2 Å². The summed E-state index contributed by atoms with van der Waals surface area (Å²) in [5.74, 6) is -0.515. The Morgan fingerprint density at radius 1 is 1.52 bits per heavy atom. The molecule has 2 aliphatic rings. The number of pyridine rings is 1. The van der Waals surface area contributed by atoms with Gasteiger partial charge in [-0.25, -0.2) is 9.37 Å². The van der Waals surface area contributed by atoms with Gasteiger partial charge < -0.3 is 19.2 Å². The molecule has 2 aliphatic heterocycles. The van der Waals surface area contributed by atoms with E-state index >= 15 is 0 Å². The van der Waals surface area contributed by atoms with Crippen LogP contribution in [0.3, 0.4) is 0 Å². The maximum Gasteiger partial charge on any atom is 0.166 e. The van der Waals surface area contributed by atoms with Gasteiger partial charge in [0.05, 0.1) is 31.5 Å². The molecule has 0 saturated carbocycles. The SMILES string of the molecule is CC1(C)OCC(CCON=C2CN(c3ncc(Br)cc3F)C2)O1. The Balaban J connectivity index is 1.39. The molecule has 0 aromatic carbocycles. The van der Waals surface area contributed by atoms with Crippen LogP contribution in [0.25, 0.3) is 0 Å². The van der Waals surface area contributed by atoms with E-state index in [9.17, 15) is 4.39 Å². The van der Waals surface area contributed by atoms with Crippen LogP contribution in [0.2, 0.25) is 0 Å². The summed E-state index contributed by atoms with van der Waals surface area (Å²) in [4.78, 5) is 11.2. The summed E-state index contributed by atoms with van der Waals surface area (Å²) >= 11 is 3.19. The van der Waals surface area contributed by atoms with Crippen LogP contribution in [-0.4, -0.2) is 48.9 Å². The van der Waals surface area contributed by atoms with Crippen molar-refractivity contribution in [3.63, 3.8) is 0 Å². The van der Waals surface area contributed by atoms with Gasteiger partial charge in [0.1, 0.15) is 6.61 Å². The summed E-state index contributed by atoms with van der Waals surface area (Å²) in [6, 6.07) is 1.40. The van der Waals surface area contributed by atoms with E-state index in [0.717, 1.165) is 12.1 Å². The molecule has 0 N–H and O–H groups in total. The monoisotopic (exact) mass is 387 g/mol. The lowest BCUT2D eigenvalue weighted by molar-refractivity contribution is -0.140. The standard InChI is InChI=1S/C15H19BrFN3O3/c1-15(2)21-9-12(23-15)3-4-22-19-11-7-20(8-11)14-13(17)5-10(16)6-18-14/h5-6,12H,3-4,7-9H2,1-2H3. The van der Waals surface area contributed by atoms with Gasteiger partial charge in [-0.15, -0.1) is 0 Å². The number of nitrogens with zero attached hydrogens (tertiary/aromatic N) is 3. The second-order valence-corrected chi connectivity index (χ2v) is 6.96. The van der Waals surface area contributed by atoms with E-state index in [2.05, 4.69) is 26.1 Å². The van der Waals surface area contributed by atoms with Gasteiger partial charge in [-0.05, 0) is 35.8 Å². The molecule has 0 amide bonds. The number of ether oxygens (including phenoxy) is 2. The number of rotatable bonds is 5. The van der Waals surface area contributed by atoms with Gasteiger partial charge in [-0.1, -0.05) is 5.16 Å². The molecule has 0 aliphatic carbocycles. The first-order valence-corrected chi connectivity index (χ1v) is 8.28. The van der Waals surface area contributed by atoms with Crippen molar-refractivity contribution < 1.29 is 18.7 Å². The molecule has 2 saturated heterocycles. The van der Waals surface area contributed by atoms with E-state index in [1.54, 1.807) is 11.1 Å². The van der Waals surface area contributed by atoms with Crippen LogP contribution in [0, 0.1) is 5.82 Å². The van der Waals surface area contributed by atoms with E-state index in [4.69, 9.17) is 14.3 Å². The fourth-order valence-corrected chi connectivity index (χ4v) is 2.77. The maximum absolute atomic E-state index is 13.8. The highest BCUT2D eigenvalue weighted by atomic mass is 79.9. The normalized spacial score (nSPS) is 22.9. The summed E-state index contributed by atoms with van der Waals surface area (Å²) < 4.78 is 25.5. The first-order chi connectivity index (χ1) is 10.9. The molecule has 2 fully saturated rings. The lowest BCUT2D eigenvalue weighted by Crippen LogP contribution is -2.48. The molecule has 1 atom stereocenters. The van der Waals surface area contributed by atoms with Crippen LogP contribution in [0.5, 0.6) is 0 Å². The fraction of sp³-hybridized carbons (Fsp3) is 0.600. The Labute approximate surface area is 142 Å². The van der Waals surface area contributed by atoms with Gasteiger partial charge in [-0.3, -0.25) is 0 Å². The predicted molar refractivity (Wildman–Crippen MR) is 87.0 cm³/mol. The van der Waals surface area contributed by atoms with E-state index in [-0.39, 0.29) is 11.9 Å². The number of oxime groups is 1. The molecule has 8 heteroatoms. The van der Waals surface area contributed by atoms with Gasteiger partial charge in [0.25, 0.3) is 0 Å². The van der Waals surface area contributed by atoms with E-state index < -0.39 is 5.79 Å². The average molecular weight is 388 g/mol. The third-order valence-corrected chi connectivity index (χ3v) is 4.06. The second kappa shape index (κ2) is 6.70. The molecular formula is C15H19BrFN3O3. The number of halogens is 2. The third-order valence-electron chi connectivity index (χ3n) is 3.63. The van der Waals surface area contributed by atoms with Crippen molar-refractivity contribution in [3.8, 4) is 0 Å². The van der Waals surface area contributed by atoms with E-state index in [0.29, 0.717) is 36.6 Å². The number of hydrogen-bond donors (Lipinski definition) is 0. The molecule has 23 heavy (non-hydrogen) atoms. The van der Waals surface area contributed by atoms with E-state index in [1.165, 1.54) is 6.07 Å². The minimum Gasteiger partial charge on any atom is -0.396 e. The van der Waals surface area contributed by atoms with Crippen molar-refractivity contribution in [1.29, 1.82) is 0 Å². The van der Waals surface area contributed by atoms with Crippen LogP contribution < -0.4 is 4.90 Å². The molecule has 6 nitrogen and oxygen atoms in total. The molecular weight excluding hydrogens is 369 g/mol. The highest BCUT2D eigenvalue weighted by molar-refractivity contribution is 9.10. The summed E-state index contributed by atoms with van der Waals surface area (Å²) in [5, 5.41) is 4.07.